The van der Waals surface area contributed by atoms with Crippen molar-refractivity contribution in [3.8, 4) is 11.1 Å². The number of benzene rings is 2. The number of hydrogen-bond acceptors (Lipinski definition) is 0. The van der Waals surface area contributed by atoms with Gasteiger partial charge >= 0.3 is 0 Å². The monoisotopic (exact) mass is 400 g/mol. The van der Waals surface area contributed by atoms with Crippen LogP contribution >= 0.6 is 34.8 Å². The van der Waals surface area contributed by atoms with Crippen LogP contribution in [0, 0.1) is 0 Å². The van der Waals surface area contributed by atoms with Gasteiger partial charge in [-0.05, 0) is 28.1 Å². The zero-order valence-electron chi connectivity index (χ0n) is 14.5. The molecule has 0 aliphatic rings. The van der Waals surface area contributed by atoms with Gasteiger partial charge in [0.25, 0.3) is 0 Å². The van der Waals surface area contributed by atoms with E-state index in [-0.39, 0.29) is 0 Å². The topological polar surface area (TPSA) is 0 Å². The van der Waals surface area contributed by atoms with E-state index < -0.39 is 16.1 Å². The minimum absolute atomic E-state index is 0.775. The average Bonchev–Trinajstić information content (AvgIpc) is 2.37. The molecule has 0 atom stereocenters. The Hall–Kier alpha value is -0.256. The fourth-order valence-electron chi connectivity index (χ4n) is 2.73. The first-order chi connectivity index (χ1) is 10.4. The molecule has 2 aromatic carbocycles. The van der Waals surface area contributed by atoms with Crippen molar-refractivity contribution >= 4 is 61.3 Å². The molecule has 0 saturated carbocycles. The highest BCUT2D eigenvalue weighted by molar-refractivity contribution is 6.92. The summed E-state index contributed by atoms with van der Waals surface area (Å²) in [6.45, 7) is 13.7. The van der Waals surface area contributed by atoms with Crippen molar-refractivity contribution in [2.75, 3.05) is 0 Å². The molecule has 0 aliphatic heterocycles. The second kappa shape index (κ2) is 6.57. The standard InChI is InChI=1S/C18H23Cl3Si2/c1-22(2,3)16-11-12(7-9-14(16)19)13-8-10-15(20)18(17(13)21)23(4,5)6/h7-11H,1-6H3. The van der Waals surface area contributed by atoms with Crippen molar-refractivity contribution < 1.29 is 0 Å². The molecule has 2 aromatic rings. The zero-order chi connectivity index (χ0) is 17.6. The van der Waals surface area contributed by atoms with E-state index >= 15 is 0 Å². The lowest BCUT2D eigenvalue weighted by atomic mass is 10.1. The highest BCUT2D eigenvalue weighted by Gasteiger charge is 2.26. The molecule has 23 heavy (non-hydrogen) atoms. The van der Waals surface area contributed by atoms with Crippen molar-refractivity contribution in [3.05, 3.63) is 45.4 Å². The Kier molecular flexibility index (Phi) is 5.45. The highest BCUT2D eigenvalue weighted by Crippen LogP contribution is 2.32. The maximum Gasteiger partial charge on any atom is 0.0815 e. The Labute approximate surface area is 156 Å². The lowest BCUT2D eigenvalue weighted by Crippen LogP contribution is -2.39. The third kappa shape index (κ3) is 4.05. The molecule has 0 bridgehead atoms. The third-order valence-electron chi connectivity index (χ3n) is 3.93. The van der Waals surface area contributed by atoms with Gasteiger partial charge in [-0.2, -0.15) is 0 Å². The molecule has 0 fully saturated rings. The van der Waals surface area contributed by atoms with Crippen LogP contribution in [0.4, 0.5) is 0 Å². The van der Waals surface area contributed by atoms with E-state index in [0.717, 1.165) is 31.4 Å². The van der Waals surface area contributed by atoms with Crippen molar-refractivity contribution in [2.24, 2.45) is 0 Å². The number of halogens is 3. The molecule has 0 heterocycles. The predicted molar refractivity (Wildman–Crippen MR) is 113 cm³/mol. The first-order valence-corrected chi connectivity index (χ1v) is 15.8. The van der Waals surface area contributed by atoms with E-state index in [1.165, 1.54) is 5.19 Å². The second-order valence-corrected chi connectivity index (χ2v) is 19.2. The fraction of sp³-hybridized carbons (Fsp3) is 0.333. The third-order valence-corrected chi connectivity index (χ3v) is 9.49. The van der Waals surface area contributed by atoms with Gasteiger partial charge in [0.1, 0.15) is 0 Å². The smallest absolute Gasteiger partial charge is 0.0815 e. The predicted octanol–water partition coefficient (Wildman–Crippen LogP) is 6.40. The van der Waals surface area contributed by atoms with E-state index in [1.54, 1.807) is 0 Å². The summed E-state index contributed by atoms with van der Waals surface area (Å²) in [5.74, 6) is 0. The number of hydrogen-bond donors (Lipinski definition) is 0. The number of rotatable bonds is 3. The summed E-state index contributed by atoms with van der Waals surface area (Å²) in [5, 5.41) is 4.81. The first kappa shape index (κ1) is 19.1. The normalized spacial score (nSPS) is 12.6. The summed E-state index contributed by atoms with van der Waals surface area (Å²) in [4.78, 5) is 0. The fourth-order valence-corrected chi connectivity index (χ4v) is 8.86. The van der Waals surface area contributed by atoms with Gasteiger partial charge in [0.15, 0.2) is 0 Å². The molecule has 0 N–H and O–H groups in total. The van der Waals surface area contributed by atoms with Gasteiger partial charge < -0.3 is 0 Å². The molecule has 0 aromatic heterocycles. The van der Waals surface area contributed by atoms with Gasteiger partial charge in [0.05, 0.1) is 16.1 Å². The molecule has 5 heteroatoms. The molecule has 0 spiro atoms. The second-order valence-electron chi connectivity index (χ2n) is 7.98. The molecular formula is C18H23Cl3Si2. The van der Waals surface area contributed by atoms with E-state index in [0.29, 0.717) is 0 Å². The zero-order valence-corrected chi connectivity index (χ0v) is 18.8. The van der Waals surface area contributed by atoms with E-state index in [1.807, 2.05) is 18.2 Å². The Morgan fingerprint density at radius 1 is 0.696 bits per heavy atom. The Morgan fingerprint density at radius 3 is 1.78 bits per heavy atom. The summed E-state index contributed by atoms with van der Waals surface area (Å²) in [6, 6.07) is 10.2. The van der Waals surface area contributed by atoms with E-state index in [2.05, 4.69) is 51.4 Å². The molecule has 0 unspecified atom stereocenters. The van der Waals surface area contributed by atoms with Gasteiger partial charge in [0, 0.05) is 20.6 Å². The van der Waals surface area contributed by atoms with Gasteiger partial charge in [-0.25, -0.2) is 0 Å². The summed E-state index contributed by atoms with van der Waals surface area (Å²) in [7, 11) is -3.14. The van der Waals surface area contributed by atoms with Crippen LogP contribution in [0.5, 0.6) is 0 Å². The molecular weight excluding hydrogens is 379 g/mol. The lowest BCUT2D eigenvalue weighted by Gasteiger charge is -2.23. The summed E-state index contributed by atoms with van der Waals surface area (Å²) in [5.41, 5.74) is 2.16. The molecule has 0 nitrogen and oxygen atoms in total. The van der Waals surface area contributed by atoms with E-state index in [4.69, 9.17) is 34.8 Å². The minimum Gasteiger partial charge on any atom is -0.0845 e. The van der Waals surface area contributed by atoms with Gasteiger partial charge in [-0.1, -0.05) is 92.3 Å². The maximum absolute atomic E-state index is 6.77. The summed E-state index contributed by atoms with van der Waals surface area (Å²) >= 11 is 19.6. The minimum atomic E-state index is -1.63. The van der Waals surface area contributed by atoms with Crippen LogP contribution in [-0.2, 0) is 0 Å². The molecule has 0 aliphatic carbocycles. The highest BCUT2D eigenvalue weighted by atomic mass is 35.5. The Morgan fingerprint density at radius 2 is 1.26 bits per heavy atom. The molecule has 0 saturated heterocycles. The lowest BCUT2D eigenvalue weighted by molar-refractivity contribution is 1.61. The van der Waals surface area contributed by atoms with Crippen LogP contribution in [0.3, 0.4) is 0 Å². The first-order valence-electron chi connectivity index (χ1n) is 7.72. The van der Waals surface area contributed by atoms with Crippen molar-refractivity contribution in [3.63, 3.8) is 0 Å². The largest absolute Gasteiger partial charge is 0.0845 e. The summed E-state index contributed by atoms with van der Waals surface area (Å²) < 4.78 is 0. The van der Waals surface area contributed by atoms with Gasteiger partial charge in [0.2, 0.25) is 0 Å². The average molecular weight is 402 g/mol. The Bertz CT molecular complexity index is 741. The van der Waals surface area contributed by atoms with Crippen LogP contribution in [0.2, 0.25) is 54.3 Å². The Balaban J connectivity index is 2.70. The van der Waals surface area contributed by atoms with Crippen LogP contribution in [0.25, 0.3) is 11.1 Å². The van der Waals surface area contributed by atoms with Crippen molar-refractivity contribution in [1.82, 2.24) is 0 Å². The quantitative estimate of drug-likeness (QED) is 0.521. The van der Waals surface area contributed by atoms with Crippen LogP contribution < -0.4 is 10.4 Å². The molecule has 2 rings (SSSR count). The van der Waals surface area contributed by atoms with E-state index in [9.17, 15) is 0 Å². The van der Waals surface area contributed by atoms with Crippen molar-refractivity contribution in [2.45, 2.75) is 39.3 Å². The SMILES string of the molecule is C[Si](C)(C)c1cc(-c2ccc(Cl)c([Si](C)(C)C)c2Cl)ccc1Cl. The maximum atomic E-state index is 6.77. The molecule has 0 amide bonds. The van der Waals surface area contributed by atoms with Gasteiger partial charge in [-0.3, -0.25) is 0 Å². The molecule has 124 valence electrons. The van der Waals surface area contributed by atoms with Crippen LogP contribution in [-0.4, -0.2) is 16.1 Å². The van der Waals surface area contributed by atoms with Crippen LogP contribution in [0.15, 0.2) is 30.3 Å². The summed E-state index contributed by atoms with van der Waals surface area (Å²) in [6.07, 6.45) is 0. The molecule has 0 radical (unpaired) electrons. The van der Waals surface area contributed by atoms with Gasteiger partial charge in [-0.15, -0.1) is 0 Å². The van der Waals surface area contributed by atoms with Crippen LogP contribution in [0.1, 0.15) is 0 Å². The van der Waals surface area contributed by atoms with Crippen molar-refractivity contribution in [1.29, 1.82) is 0 Å².